The van der Waals surface area contributed by atoms with E-state index >= 15 is 0 Å². The van der Waals surface area contributed by atoms with Gasteiger partial charge in [-0.25, -0.2) is 19.2 Å². The Labute approximate surface area is 316 Å². The van der Waals surface area contributed by atoms with Gasteiger partial charge in [0.15, 0.2) is 0 Å². The minimum atomic E-state index is -0.441. The van der Waals surface area contributed by atoms with Crippen molar-refractivity contribution in [3.63, 3.8) is 0 Å². The standard InChI is InChI=1S/C42H54N4O8/c1-9-21-23(11-3)35(39(47)51-13-5)43-27(21)19-29-31-25-17-18-26(33(31)37(45-29)41(49)53-15-7)34-32(25)30(46-38(34)42(50)54-16-8)20-28-22(10-2)24(12-4)36(44-28)40(48)52-14-6/h25-26,43-46H,9-20H2,1-8H3. The maximum absolute atomic E-state index is 13.7. The molecule has 4 N–H and O–H groups in total. The molecule has 0 unspecified atom stereocenters. The van der Waals surface area contributed by atoms with Crippen molar-refractivity contribution in [2.45, 2.75) is 119 Å². The zero-order valence-corrected chi connectivity index (χ0v) is 32.9. The largest absolute Gasteiger partial charge is 0.461 e. The topological polar surface area (TPSA) is 168 Å². The van der Waals surface area contributed by atoms with Gasteiger partial charge in [-0.2, -0.15) is 0 Å². The van der Waals surface area contributed by atoms with E-state index in [9.17, 15) is 19.2 Å². The number of aromatic amines is 4. The third-order valence-corrected chi connectivity index (χ3v) is 11.1. The molecule has 0 atom stereocenters. The first-order valence-corrected chi connectivity index (χ1v) is 19.7. The minimum absolute atomic E-state index is 0.144. The molecular weight excluding hydrogens is 688 g/mol. The molecule has 4 aromatic heterocycles. The summed E-state index contributed by atoms with van der Waals surface area (Å²) in [6.07, 6.45) is 5.17. The van der Waals surface area contributed by atoms with E-state index in [-0.39, 0.29) is 50.2 Å². The predicted octanol–water partition coefficient (Wildman–Crippen LogP) is 7.51. The van der Waals surface area contributed by atoms with Gasteiger partial charge in [0.25, 0.3) is 0 Å². The van der Waals surface area contributed by atoms with Crippen molar-refractivity contribution in [3.05, 3.63) is 90.1 Å². The maximum atomic E-state index is 13.7. The smallest absolute Gasteiger partial charge is 0.355 e. The highest BCUT2D eigenvalue weighted by Gasteiger charge is 2.47. The lowest BCUT2D eigenvalue weighted by molar-refractivity contribution is 0.0507. The van der Waals surface area contributed by atoms with E-state index in [4.69, 9.17) is 18.9 Å². The van der Waals surface area contributed by atoms with Crippen LogP contribution in [-0.2, 0) is 57.5 Å². The van der Waals surface area contributed by atoms with Gasteiger partial charge >= 0.3 is 23.9 Å². The summed E-state index contributed by atoms with van der Waals surface area (Å²) in [6.45, 7) is 16.4. The molecule has 2 bridgehead atoms. The van der Waals surface area contributed by atoms with Crippen LogP contribution >= 0.6 is 0 Å². The zero-order chi connectivity index (χ0) is 38.8. The summed E-state index contributed by atoms with van der Waals surface area (Å²) in [4.78, 5) is 67.4. The molecule has 4 aromatic rings. The summed E-state index contributed by atoms with van der Waals surface area (Å²) in [7, 11) is 0. The molecule has 12 nitrogen and oxygen atoms in total. The van der Waals surface area contributed by atoms with E-state index < -0.39 is 11.9 Å². The van der Waals surface area contributed by atoms with Gasteiger partial charge in [-0.3, -0.25) is 0 Å². The summed E-state index contributed by atoms with van der Waals surface area (Å²) in [5.74, 6) is -2.05. The molecule has 3 aliphatic carbocycles. The minimum Gasteiger partial charge on any atom is -0.461 e. The molecule has 7 rings (SSSR count). The summed E-state index contributed by atoms with van der Waals surface area (Å²) in [6, 6.07) is 0. The van der Waals surface area contributed by atoms with Gasteiger partial charge in [0.2, 0.25) is 0 Å². The van der Waals surface area contributed by atoms with E-state index in [2.05, 4.69) is 33.8 Å². The number of hydrogen-bond acceptors (Lipinski definition) is 8. The molecule has 3 aliphatic rings. The molecule has 290 valence electrons. The van der Waals surface area contributed by atoms with Crippen molar-refractivity contribution in [1.82, 2.24) is 19.9 Å². The normalized spacial score (nSPS) is 15.6. The second-order valence-corrected chi connectivity index (χ2v) is 13.8. The van der Waals surface area contributed by atoms with Crippen LogP contribution in [0.2, 0.25) is 0 Å². The third kappa shape index (κ3) is 6.47. The molecular formula is C42H54N4O8. The van der Waals surface area contributed by atoms with Gasteiger partial charge in [0.05, 0.1) is 26.4 Å². The average Bonchev–Trinajstić information content (AvgIpc) is 3.93. The summed E-state index contributed by atoms with van der Waals surface area (Å²) in [5.41, 5.74) is 13.1. The number of rotatable bonds is 16. The average molecular weight is 743 g/mol. The fourth-order valence-corrected chi connectivity index (χ4v) is 9.21. The maximum Gasteiger partial charge on any atom is 0.355 e. The molecule has 0 aliphatic heterocycles. The fraction of sp³-hybridized carbons (Fsp3) is 0.524. The van der Waals surface area contributed by atoms with E-state index in [0.717, 1.165) is 80.1 Å². The predicted molar refractivity (Wildman–Crippen MR) is 203 cm³/mol. The van der Waals surface area contributed by atoms with Gasteiger partial charge in [-0.05, 0) is 111 Å². The Morgan fingerprint density at radius 3 is 1.04 bits per heavy atom. The summed E-state index contributed by atoms with van der Waals surface area (Å²) >= 11 is 0. The first kappa shape index (κ1) is 38.7. The number of ether oxygens (including phenoxy) is 4. The van der Waals surface area contributed by atoms with Crippen molar-refractivity contribution in [2.24, 2.45) is 0 Å². The molecule has 0 saturated heterocycles. The van der Waals surface area contributed by atoms with Gasteiger partial charge < -0.3 is 38.9 Å². The lowest BCUT2D eigenvalue weighted by atomic mass is 9.63. The second-order valence-electron chi connectivity index (χ2n) is 13.8. The Balaban J connectivity index is 1.54. The SMILES string of the molecule is CCOC(=O)c1[nH]c(Cc2[nH]c(C(=O)OCC)c3c2C2CCC3c3c(C(=O)OCC)[nH]c(Cc4[nH]c(C(=O)OCC)c(CC)c4CC)c32)c(CC)c1CC. The highest BCUT2D eigenvalue weighted by Crippen LogP contribution is 2.57. The van der Waals surface area contributed by atoms with Crippen molar-refractivity contribution in [2.75, 3.05) is 26.4 Å². The number of fused-ring (bicyclic) bond motifs is 1. The van der Waals surface area contributed by atoms with Crippen LogP contribution in [0.4, 0.5) is 0 Å². The van der Waals surface area contributed by atoms with Crippen LogP contribution in [0.5, 0.6) is 0 Å². The molecule has 0 aromatic carbocycles. The summed E-state index contributed by atoms with van der Waals surface area (Å²) in [5, 5.41) is 0. The number of aromatic nitrogens is 4. The molecule has 12 heteroatoms. The molecule has 0 amide bonds. The Morgan fingerprint density at radius 1 is 0.426 bits per heavy atom. The van der Waals surface area contributed by atoms with Crippen LogP contribution in [0.1, 0.15) is 189 Å². The second kappa shape index (κ2) is 16.2. The quantitative estimate of drug-likeness (QED) is 0.0676. The Morgan fingerprint density at radius 2 is 0.722 bits per heavy atom. The zero-order valence-electron chi connectivity index (χ0n) is 32.9. The Bertz CT molecular complexity index is 1930. The Hall–Kier alpha value is -5.00. The molecule has 4 heterocycles. The van der Waals surface area contributed by atoms with Crippen LogP contribution in [0.25, 0.3) is 0 Å². The first-order chi connectivity index (χ1) is 26.1. The lowest BCUT2D eigenvalue weighted by Crippen LogP contribution is -2.27. The fourth-order valence-electron chi connectivity index (χ4n) is 9.21. The number of carbonyl (C=O) groups is 4. The van der Waals surface area contributed by atoms with Crippen molar-refractivity contribution in [1.29, 1.82) is 0 Å². The van der Waals surface area contributed by atoms with Crippen molar-refractivity contribution < 1.29 is 38.1 Å². The van der Waals surface area contributed by atoms with E-state index in [1.54, 1.807) is 27.7 Å². The highest BCUT2D eigenvalue weighted by atomic mass is 16.5. The van der Waals surface area contributed by atoms with Crippen LogP contribution in [-0.4, -0.2) is 70.2 Å². The lowest BCUT2D eigenvalue weighted by Gasteiger charge is -2.38. The highest BCUT2D eigenvalue weighted by molar-refractivity contribution is 5.95. The number of nitrogens with one attached hydrogen (secondary N) is 4. The number of H-pyrrole nitrogens is 4. The number of esters is 4. The van der Waals surface area contributed by atoms with Crippen molar-refractivity contribution in [3.8, 4) is 0 Å². The van der Waals surface area contributed by atoms with Crippen molar-refractivity contribution >= 4 is 23.9 Å². The number of carbonyl (C=O) groups excluding carboxylic acids is 4. The first-order valence-electron chi connectivity index (χ1n) is 19.7. The van der Waals surface area contributed by atoms with E-state index in [0.29, 0.717) is 61.3 Å². The monoisotopic (exact) mass is 742 g/mol. The van der Waals surface area contributed by atoms with Crippen LogP contribution in [0.3, 0.4) is 0 Å². The van der Waals surface area contributed by atoms with Crippen LogP contribution < -0.4 is 0 Å². The van der Waals surface area contributed by atoms with Gasteiger partial charge in [0, 0.05) is 47.5 Å². The molecule has 54 heavy (non-hydrogen) atoms. The molecule has 0 fully saturated rings. The molecule has 0 saturated carbocycles. The van der Waals surface area contributed by atoms with E-state index in [1.165, 1.54) is 0 Å². The van der Waals surface area contributed by atoms with Crippen LogP contribution in [0.15, 0.2) is 0 Å². The van der Waals surface area contributed by atoms with Crippen LogP contribution in [0, 0.1) is 0 Å². The van der Waals surface area contributed by atoms with Gasteiger partial charge in [-0.1, -0.05) is 27.7 Å². The van der Waals surface area contributed by atoms with Gasteiger partial charge in [-0.15, -0.1) is 0 Å². The molecule has 0 radical (unpaired) electrons. The van der Waals surface area contributed by atoms with E-state index in [1.807, 2.05) is 13.8 Å². The van der Waals surface area contributed by atoms with Gasteiger partial charge in [0.1, 0.15) is 22.8 Å². The third-order valence-electron chi connectivity index (χ3n) is 11.1. The summed E-state index contributed by atoms with van der Waals surface area (Å²) < 4.78 is 22.0. The number of hydrogen-bond donors (Lipinski definition) is 4. The Kier molecular flexibility index (Phi) is 11.6. The molecule has 0 spiro atoms.